The fourth-order valence-electron chi connectivity index (χ4n) is 4.66. The van der Waals surface area contributed by atoms with Crippen LogP contribution in [0.4, 0.5) is 4.39 Å². The zero-order chi connectivity index (χ0) is 23.2. The molecule has 1 aliphatic rings. The predicted molar refractivity (Wildman–Crippen MR) is 127 cm³/mol. The number of aliphatic hydroxyl groups is 1. The van der Waals surface area contributed by atoms with Gasteiger partial charge in [-0.2, -0.15) is 0 Å². The van der Waals surface area contributed by atoms with Gasteiger partial charge in [-0.05, 0) is 61.3 Å². The first-order valence-corrected chi connectivity index (χ1v) is 11.8. The average molecular weight is 453 g/mol. The number of ether oxygens (including phenoxy) is 1. The number of unbranched alkanes of at least 4 members (excludes halogenated alkanes) is 3. The standard InChI is InChI=1S/C26H33FN4O2/c1-3-4-5-6-15-30-18-26(32)25(16-24(30)20-9-13-22(33-2)14-10-20)31-17-23(28-29-31)19-7-11-21(27)12-8-19/h7-14,17,24-26,32H,3-6,15-16,18H2,1-2H3/t24-,25+,26+/m0/s1. The van der Waals surface area contributed by atoms with Crippen LogP contribution >= 0.6 is 0 Å². The predicted octanol–water partition coefficient (Wildman–Crippen LogP) is 5.02. The normalized spacial score (nSPS) is 21.3. The first-order valence-electron chi connectivity index (χ1n) is 11.8. The number of aromatic nitrogens is 3. The fraction of sp³-hybridized carbons (Fsp3) is 0.462. The third-order valence-electron chi connectivity index (χ3n) is 6.56. The number of hydrogen-bond donors (Lipinski definition) is 1. The van der Waals surface area contributed by atoms with E-state index in [1.54, 1.807) is 23.9 Å². The molecule has 0 unspecified atom stereocenters. The molecular formula is C26H33FN4O2. The molecule has 1 aliphatic heterocycles. The van der Waals surface area contributed by atoms with Crippen LogP contribution in [0.15, 0.2) is 54.7 Å². The lowest BCUT2D eigenvalue weighted by molar-refractivity contribution is -0.0102. The van der Waals surface area contributed by atoms with Crippen molar-refractivity contribution in [3.63, 3.8) is 0 Å². The quantitative estimate of drug-likeness (QED) is 0.462. The van der Waals surface area contributed by atoms with Crippen molar-refractivity contribution in [3.05, 3.63) is 66.1 Å². The molecule has 33 heavy (non-hydrogen) atoms. The van der Waals surface area contributed by atoms with Gasteiger partial charge in [0, 0.05) is 18.2 Å². The zero-order valence-electron chi connectivity index (χ0n) is 19.4. The van der Waals surface area contributed by atoms with Gasteiger partial charge in [0.1, 0.15) is 17.3 Å². The van der Waals surface area contributed by atoms with E-state index in [9.17, 15) is 9.50 Å². The molecule has 2 heterocycles. The first kappa shape index (κ1) is 23.4. The molecule has 176 valence electrons. The third kappa shape index (κ3) is 5.60. The minimum atomic E-state index is -0.548. The van der Waals surface area contributed by atoms with Gasteiger partial charge >= 0.3 is 0 Å². The summed E-state index contributed by atoms with van der Waals surface area (Å²) in [4.78, 5) is 2.40. The molecule has 1 fully saturated rings. The summed E-state index contributed by atoms with van der Waals surface area (Å²) in [5.74, 6) is 0.552. The van der Waals surface area contributed by atoms with Crippen molar-refractivity contribution in [1.29, 1.82) is 0 Å². The van der Waals surface area contributed by atoms with Crippen LogP contribution in [0.25, 0.3) is 11.3 Å². The van der Waals surface area contributed by atoms with E-state index in [0.717, 1.165) is 30.7 Å². The van der Waals surface area contributed by atoms with Crippen molar-refractivity contribution in [3.8, 4) is 17.0 Å². The number of piperidine rings is 1. The molecule has 2 aromatic carbocycles. The number of nitrogens with zero attached hydrogens (tertiary/aromatic N) is 4. The van der Waals surface area contributed by atoms with Crippen LogP contribution in [0.3, 0.4) is 0 Å². The van der Waals surface area contributed by atoms with Crippen molar-refractivity contribution in [2.75, 3.05) is 20.2 Å². The largest absolute Gasteiger partial charge is 0.497 e. The average Bonchev–Trinajstić information content (AvgIpc) is 3.32. The molecule has 0 bridgehead atoms. The van der Waals surface area contributed by atoms with E-state index in [2.05, 4.69) is 34.3 Å². The minimum absolute atomic E-state index is 0.171. The second-order valence-electron chi connectivity index (χ2n) is 8.81. The van der Waals surface area contributed by atoms with Gasteiger partial charge in [0.15, 0.2) is 0 Å². The summed E-state index contributed by atoms with van der Waals surface area (Å²) in [6, 6.07) is 14.4. The Labute approximate surface area is 195 Å². The number of benzene rings is 2. The summed E-state index contributed by atoms with van der Waals surface area (Å²) < 4.78 is 20.4. The Morgan fingerprint density at radius 1 is 1.06 bits per heavy atom. The molecule has 1 N–H and O–H groups in total. The van der Waals surface area contributed by atoms with Gasteiger partial charge in [-0.3, -0.25) is 4.90 Å². The maximum Gasteiger partial charge on any atom is 0.123 e. The lowest BCUT2D eigenvalue weighted by Crippen LogP contribution is -2.46. The number of likely N-dealkylation sites (tertiary alicyclic amines) is 1. The molecule has 3 aromatic rings. The number of hydrogen-bond acceptors (Lipinski definition) is 5. The second kappa shape index (κ2) is 10.9. The number of methoxy groups -OCH3 is 1. The Kier molecular flexibility index (Phi) is 7.73. The maximum absolute atomic E-state index is 13.3. The monoisotopic (exact) mass is 452 g/mol. The van der Waals surface area contributed by atoms with E-state index in [4.69, 9.17) is 4.74 Å². The van der Waals surface area contributed by atoms with Crippen LogP contribution in [0.1, 0.15) is 56.7 Å². The summed E-state index contributed by atoms with van der Waals surface area (Å²) in [5, 5.41) is 19.7. The van der Waals surface area contributed by atoms with E-state index in [1.807, 2.05) is 18.3 Å². The van der Waals surface area contributed by atoms with Gasteiger partial charge in [-0.15, -0.1) is 5.10 Å². The number of aliphatic hydroxyl groups excluding tert-OH is 1. The highest BCUT2D eigenvalue weighted by atomic mass is 19.1. The Balaban J connectivity index is 1.55. The molecule has 6 nitrogen and oxygen atoms in total. The van der Waals surface area contributed by atoms with Gasteiger partial charge in [0.2, 0.25) is 0 Å². The van der Waals surface area contributed by atoms with Crippen molar-refractivity contribution < 1.29 is 14.2 Å². The molecule has 4 rings (SSSR count). The van der Waals surface area contributed by atoms with Crippen LogP contribution in [0.5, 0.6) is 5.75 Å². The summed E-state index contributed by atoms with van der Waals surface area (Å²) in [6.45, 7) is 3.76. The van der Waals surface area contributed by atoms with Crippen LogP contribution < -0.4 is 4.74 Å². The molecule has 0 spiro atoms. The summed E-state index contributed by atoms with van der Waals surface area (Å²) in [7, 11) is 1.67. The number of halogens is 1. The van der Waals surface area contributed by atoms with Crippen LogP contribution in [-0.2, 0) is 0 Å². The van der Waals surface area contributed by atoms with E-state index in [-0.39, 0.29) is 17.9 Å². The second-order valence-corrected chi connectivity index (χ2v) is 8.81. The Morgan fingerprint density at radius 2 is 1.82 bits per heavy atom. The molecule has 7 heteroatoms. The highest BCUT2D eigenvalue weighted by molar-refractivity contribution is 5.57. The van der Waals surface area contributed by atoms with Gasteiger partial charge in [0.25, 0.3) is 0 Å². The Morgan fingerprint density at radius 3 is 2.52 bits per heavy atom. The van der Waals surface area contributed by atoms with Crippen LogP contribution in [-0.4, -0.2) is 51.3 Å². The molecule has 3 atom stereocenters. The molecule has 0 aliphatic carbocycles. The Hall–Kier alpha value is -2.77. The lowest BCUT2D eigenvalue weighted by Gasteiger charge is -2.42. The topological polar surface area (TPSA) is 63.4 Å². The highest BCUT2D eigenvalue weighted by Crippen LogP contribution is 2.37. The molecule has 1 saturated heterocycles. The van der Waals surface area contributed by atoms with Gasteiger partial charge in [0.05, 0.1) is 25.5 Å². The highest BCUT2D eigenvalue weighted by Gasteiger charge is 2.37. The fourth-order valence-corrected chi connectivity index (χ4v) is 4.66. The van der Waals surface area contributed by atoms with Crippen molar-refractivity contribution in [1.82, 2.24) is 19.9 Å². The lowest BCUT2D eigenvalue weighted by atomic mass is 9.89. The van der Waals surface area contributed by atoms with Crippen molar-refractivity contribution >= 4 is 0 Å². The van der Waals surface area contributed by atoms with Gasteiger partial charge in [-0.25, -0.2) is 9.07 Å². The zero-order valence-corrected chi connectivity index (χ0v) is 19.4. The maximum atomic E-state index is 13.3. The van der Waals surface area contributed by atoms with E-state index in [0.29, 0.717) is 12.2 Å². The van der Waals surface area contributed by atoms with E-state index < -0.39 is 6.10 Å². The summed E-state index contributed by atoms with van der Waals surface area (Å²) in [6.07, 6.45) is 6.79. The molecule has 1 aromatic heterocycles. The first-order chi connectivity index (χ1) is 16.1. The van der Waals surface area contributed by atoms with Crippen LogP contribution in [0, 0.1) is 5.82 Å². The summed E-state index contributed by atoms with van der Waals surface area (Å²) >= 11 is 0. The van der Waals surface area contributed by atoms with Gasteiger partial charge in [-0.1, -0.05) is 43.5 Å². The molecule has 0 radical (unpaired) electrons. The third-order valence-corrected chi connectivity index (χ3v) is 6.56. The van der Waals surface area contributed by atoms with Crippen molar-refractivity contribution in [2.45, 2.75) is 57.2 Å². The molecule has 0 amide bonds. The SMILES string of the molecule is CCCCCCN1C[C@@H](O)[C@H](n2cc(-c3ccc(F)cc3)nn2)C[C@H]1c1ccc(OC)cc1. The number of β-amino-alcohol motifs (C(OH)–C–C–N with tert-alkyl or cyclic N) is 1. The molecular weight excluding hydrogens is 419 g/mol. The smallest absolute Gasteiger partial charge is 0.123 e. The van der Waals surface area contributed by atoms with E-state index in [1.165, 1.54) is 37.0 Å². The van der Waals surface area contributed by atoms with Crippen molar-refractivity contribution in [2.24, 2.45) is 0 Å². The molecule has 0 saturated carbocycles. The number of rotatable bonds is 9. The van der Waals surface area contributed by atoms with Gasteiger partial charge < -0.3 is 9.84 Å². The summed E-state index contributed by atoms with van der Waals surface area (Å²) in [5.41, 5.74) is 2.68. The van der Waals surface area contributed by atoms with Crippen LogP contribution in [0.2, 0.25) is 0 Å². The minimum Gasteiger partial charge on any atom is -0.497 e. The van der Waals surface area contributed by atoms with E-state index >= 15 is 0 Å². The Bertz CT molecular complexity index is 1010.